The summed E-state index contributed by atoms with van der Waals surface area (Å²) in [5.41, 5.74) is 0.973. The van der Waals surface area contributed by atoms with E-state index < -0.39 is 16.0 Å². The number of benzene rings is 1. The number of carbonyl (C=O) groups is 1. The minimum Gasteiger partial charge on any atom is -0.550 e. The van der Waals surface area contributed by atoms with Gasteiger partial charge >= 0.3 is 18.9 Å². The quantitative estimate of drug-likeness (QED) is 0.433. The topological polar surface area (TPSA) is 86.3 Å². The normalized spacial score (nSPS) is 10.7. The van der Waals surface area contributed by atoms with Crippen molar-refractivity contribution in [3.8, 4) is 0 Å². The zero-order valence-electron chi connectivity index (χ0n) is 10.5. The summed E-state index contributed by atoms with van der Waals surface area (Å²) >= 11 is 0. The van der Waals surface area contributed by atoms with E-state index in [9.17, 15) is 18.3 Å². The predicted octanol–water partition coefficient (Wildman–Crippen LogP) is -3.19. The van der Waals surface area contributed by atoms with Gasteiger partial charge in [-0.1, -0.05) is 17.7 Å². The maximum Gasteiger partial charge on any atom is 1.00 e. The van der Waals surface area contributed by atoms with Gasteiger partial charge in [0.25, 0.3) is 0 Å². The average Bonchev–Trinajstić information content (AvgIpc) is 2.25. The van der Waals surface area contributed by atoms with E-state index in [4.69, 9.17) is 0 Å². The van der Waals surface area contributed by atoms with E-state index in [1.165, 1.54) is 12.1 Å². The van der Waals surface area contributed by atoms with E-state index in [0.717, 1.165) is 5.56 Å². The molecule has 94 valence electrons. The Balaban J connectivity index is 0.00000289. The summed E-state index contributed by atoms with van der Waals surface area (Å²) in [6.07, 6.45) is 0.0594. The number of aryl methyl sites for hydroxylation is 1. The van der Waals surface area contributed by atoms with Gasteiger partial charge in [-0.3, -0.25) is 0 Å². The van der Waals surface area contributed by atoms with Gasteiger partial charge in [0.05, 0.1) is 4.90 Å². The van der Waals surface area contributed by atoms with E-state index in [0.29, 0.717) is 0 Å². The summed E-state index contributed by atoms with van der Waals surface area (Å²) in [6.45, 7) is 1.95. The first kappa shape index (κ1) is 17.2. The molecule has 0 fully saturated rings. The molecule has 0 spiro atoms. The van der Waals surface area contributed by atoms with Crippen molar-refractivity contribution in [2.45, 2.75) is 24.7 Å². The van der Waals surface area contributed by atoms with Crippen molar-refractivity contribution in [1.29, 1.82) is 0 Å². The zero-order chi connectivity index (χ0) is 12.9. The van der Waals surface area contributed by atoms with Crippen LogP contribution in [0.5, 0.6) is 0 Å². The summed E-state index contributed by atoms with van der Waals surface area (Å²) in [5.74, 6) is -1.18. The Morgan fingerprint density at radius 3 is 2.33 bits per heavy atom. The fourth-order valence-electron chi connectivity index (χ4n) is 1.24. The maximum absolute atomic E-state index is 11.7. The second-order valence-electron chi connectivity index (χ2n) is 3.69. The van der Waals surface area contributed by atoms with Gasteiger partial charge in [0.2, 0.25) is 10.0 Å². The van der Waals surface area contributed by atoms with Gasteiger partial charge in [-0.25, -0.2) is 13.1 Å². The summed E-state index contributed by atoms with van der Waals surface area (Å²) in [6, 6.07) is 6.43. The number of hydrogen-bond donors (Lipinski definition) is 1. The van der Waals surface area contributed by atoms with Crippen molar-refractivity contribution in [2.24, 2.45) is 0 Å². The third-order valence-electron chi connectivity index (χ3n) is 2.18. The fourth-order valence-corrected chi connectivity index (χ4v) is 2.31. The Labute approximate surface area is 119 Å². The molecule has 0 unspecified atom stereocenters. The number of sulfonamides is 1. The molecule has 0 aromatic heterocycles. The number of carboxylic acids is 1. The third-order valence-corrected chi connectivity index (χ3v) is 3.66. The van der Waals surface area contributed by atoms with E-state index in [1.807, 2.05) is 6.92 Å². The van der Waals surface area contributed by atoms with Crippen LogP contribution in [0.2, 0.25) is 0 Å². The second kappa shape index (κ2) is 7.59. The maximum atomic E-state index is 11.7. The molecule has 0 aliphatic heterocycles. The second-order valence-corrected chi connectivity index (χ2v) is 5.45. The summed E-state index contributed by atoms with van der Waals surface area (Å²) in [7, 11) is -3.54. The number of aliphatic carboxylic acids is 1. The Bertz CT molecular complexity index is 484. The number of carboxylic acid groups (broad SMARTS) is 1. The Morgan fingerprint density at radius 1 is 1.28 bits per heavy atom. The van der Waals surface area contributed by atoms with Gasteiger partial charge in [0, 0.05) is 12.5 Å². The van der Waals surface area contributed by atoms with Gasteiger partial charge in [-0.2, -0.15) is 0 Å². The van der Waals surface area contributed by atoms with Crippen LogP contribution in [0.4, 0.5) is 0 Å². The molecule has 7 heteroatoms. The van der Waals surface area contributed by atoms with Gasteiger partial charge in [-0.15, -0.1) is 0 Å². The molecular weight excluding hydrogens is 249 g/mol. The molecule has 1 aromatic carbocycles. The van der Waals surface area contributed by atoms with Crippen LogP contribution in [0.3, 0.4) is 0 Å². The Hall–Kier alpha value is -0.803. The summed E-state index contributed by atoms with van der Waals surface area (Å²) in [5, 5.41) is 10.1. The van der Waals surface area contributed by atoms with Crippen LogP contribution in [0.1, 0.15) is 18.4 Å². The van der Waals surface area contributed by atoms with Gasteiger partial charge in [0.15, 0.2) is 0 Å². The third kappa shape index (κ3) is 5.69. The average molecular weight is 263 g/mol. The van der Waals surface area contributed by atoms with E-state index in [1.54, 1.807) is 12.1 Å². The van der Waals surface area contributed by atoms with Crippen LogP contribution in [-0.2, 0) is 14.8 Å². The van der Waals surface area contributed by atoms with Gasteiger partial charge in [-0.05, 0) is 31.9 Å². The summed E-state index contributed by atoms with van der Waals surface area (Å²) < 4.78 is 25.8. The Kier molecular flexibility index (Phi) is 7.25. The Morgan fingerprint density at radius 2 is 1.83 bits per heavy atom. The van der Waals surface area contributed by atoms with Gasteiger partial charge in [0.1, 0.15) is 0 Å². The molecule has 1 aromatic rings. The first-order chi connectivity index (χ1) is 7.92. The van der Waals surface area contributed by atoms with Crippen molar-refractivity contribution in [3.05, 3.63) is 29.8 Å². The number of carbonyl (C=O) groups excluding carboxylic acids is 1. The van der Waals surface area contributed by atoms with E-state index >= 15 is 0 Å². The molecule has 1 N–H and O–H groups in total. The standard InChI is InChI=1S/C11H15NO4S.Li/c1-9-4-6-10(7-5-9)17(15,16)12-8-2-3-11(13)14;/h4-7,12H,2-3,8H2,1H3,(H,13,14);/q;+1/p-1. The molecule has 5 nitrogen and oxygen atoms in total. The molecule has 18 heavy (non-hydrogen) atoms. The molecule has 0 saturated carbocycles. The number of hydrogen-bond acceptors (Lipinski definition) is 4. The first-order valence-corrected chi connectivity index (χ1v) is 6.66. The summed E-state index contributed by atoms with van der Waals surface area (Å²) in [4.78, 5) is 10.3. The molecule has 0 heterocycles. The molecular formula is C11H14LiNO4S. The van der Waals surface area contributed by atoms with Crippen molar-refractivity contribution in [3.63, 3.8) is 0 Å². The number of nitrogens with one attached hydrogen (secondary N) is 1. The van der Waals surface area contributed by atoms with E-state index in [-0.39, 0.29) is 43.1 Å². The molecule has 0 aliphatic carbocycles. The van der Waals surface area contributed by atoms with Crippen LogP contribution in [0.25, 0.3) is 0 Å². The van der Waals surface area contributed by atoms with Crippen molar-refractivity contribution in [2.75, 3.05) is 6.54 Å². The van der Waals surface area contributed by atoms with Crippen LogP contribution in [0.15, 0.2) is 29.2 Å². The number of rotatable bonds is 6. The minimum absolute atomic E-state index is 0. The predicted molar refractivity (Wildman–Crippen MR) is 60.6 cm³/mol. The zero-order valence-corrected chi connectivity index (χ0v) is 11.3. The SMILES string of the molecule is Cc1ccc(S(=O)(=O)NCCCC(=O)[O-])cc1.[Li+]. The van der Waals surface area contributed by atoms with Crippen molar-refractivity contribution in [1.82, 2.24) is 4.72 Å². The molecule has 0 bridgehead atoms. The van der Waals surface area contributed by atoms with E-state index in [2.05, 4.69) is 4.72 Å². The van der Waals surface area contributed by atoms with Crippen molar-refractivity contribution >= 4 is 16.0 Å². The minimum atomic E-state index is -3.54. The van der Waals surface area contributed by atoms with Crippen LogP contribution in [-0.4, -0.2) is 20.9 Å². The first-order valence-electron chi connectivity index (χ1n) is 5.18. The molecule has 0 radical (unpaired) electrons. The molecule has 0 saturated heterocycles. The van der Waals surface area contributed by atoms with Crippen LogP contribution in [0, 0.1) is 6.92 Å². The monoisotopic (exact) mass is 263 g/mol. The largest absolute Gasteiger partial charge is 1.00 e. The van der Waals surface area contributed by atoms with Crippen LogP contribution >= 0.6 is 0 Å². The molecule has 0 amide bonds. The van der Waals surface area contributed by atoms with Crippen LogP contribution < -0.4 is 28.7 Å². The molecule has 0 aliphatic rings. The fraction of sp³-hybridized carbons (Fsp3) is 0.364. The smallest absolute Gasteiger partial charge is 0.550 e. The van der Waals surface area contributed by atoms with Crippen molar-refractivity contribution < 1.29 is 37.2 Å². The molecule has 1 rings (SSSR count). The van der Waals surface area contributed by atoms with Gasteiger partial charge < -0.3 is 9.90 Å². The molecule has 0 atom stereocenters.